The molecule has 1 atom stereocenters. The highest BCUT2D eigenvalue weighted by Crippen LogP contribution is 2.21. The van der Waals surface area contributed by atoms with Crippen molar-refractivity contribution in [3.63, 3.8) is 0 Å². The molecular formula is C9H14O. The van der Waals surface area contributed by atoms with Crippen molar-refractivity contribution >= 4 is 0 Å². The maximum atomic E-state index is 8.98. The summed E-state index contributed by atoms with van der Waals surface area (Å²) in [6.45, 7) is 4.40. The lowest BCUT2D eigenvalue weighted by atomic mass is 9.89. The zero-order valence-electron chi connectivity index (χ0n) is 6.54. The quantitative estimate of drug-likeness (QED) is 0.590. The van der Waals surface area contributed by atoms with E-state index in [1.807, 2.05) is 6.08 Å². The summed E-state index contributed by atoms with van der Waals surface area (Å²) in [6.07, 6.45) is 6.73. The molecule has 0 bridgehead atoms. The predicted molar refractivity (Wildman–Crippen MR) is 42.8 cm³/mol. The van der Waals surface area contributed by atoms with Crippen LogP contribution >= 0.6 is 0 Å². The summed E-state index contributed by atoms with van der Waals surface area (Å²) >= 11 is 0. The van der Waals surface area contributed by atoms with Crippen molar-refractivity contribution in [3.05, 3.63) is 24.0 Å². The van der Waals surface area contributed by atoms with Gasteiger partial charge in [-0.1, -0.05) is 19.9 Å². The third-order valence-electron chi connectivity index (χ3n) is 1.97. The van der Waals surface area contributed by atoms with E-state index in [9.17, 15) is 0 Å². The number of rotatable bonds is 1. The molecular weight excluding hydrogens is 124 g/mol. The van der Waals surface area contributed by atoms with Crippen LogP contribution in [0, 0.1) is 11.8 Å². The molecule has 0 fully saturated rings. The zero-order valence-corrected chi connectivity index (χ0v) is 6.54. The summed E-state index contributed by atoms with van der Waals surface area (Å²) in [5.41, 5.74) is 0. The topological polar surface area (TPSA) is 20.2 Å². The van der Waals surface area contributed by atoms with Crippen LogP contribution < -0.4 is 0 Å². The Morgan fingerprint density at radius 1 is 1.60 bits per heavy atom. The molecule has 1 heteroatoms. The Labute approximate surface area is 62.1 Å². The van der Waals surface area contributed by atoms with E-state index in [1.165, 1.54) is 0 Å². The monoisotopic (exact) mass is 138 g/mol. The highest BCUT2D eigenvalue weighted by Gasteiger charge is 2.11. The summed E-state index contributed by atoms with van der Waals surface area (Å²) in [5.74, 6) is 1.72. The van der Waals surface area contributed by atoms with Crippen LogP contribution in [0.2, 0.25) is 0 Å². The summed E-state index contributed by atoms with van der Waals surface area (Å²) in [4.78, 5) is 0. The fourth-order valence-corrected chi connectivity index (χ4v) is 1.12. The van der Waals surface area contributed by atoms with Gasteiger partial charge in [-0.3, -0.25) is 0 Å². The lowest BCUT2D eigenvalue weighted by molar-refractivity contribution is 0.403. The van der Waals surface area contributed by atoms with Gasteiger partial charge in [0.05, 0.1) is 0 Å². The number of aliphatic hydroxyl groups is 1. The Morgan fingerprint density at radius 3 is 2.70 bits per heavy atom. The minimum absolute atomic E-state index is 0.414. The minimum Gasteiger partial charge on any atom is -0.508 e. The number of hydrogen-bond acceptors (Lipinski definition) is 1. The first-order chi connectivity index (χ1) is 4.70. The summed E-state index contributed by atoms with van der Waals surface area (Å²) in [5, 5.41) is 8.98. The summed E-state index contributed by atoms with van der Waals surface area (Å²) in [7, 11) is 0. The maximum absolute atomic E-state index is 8.98. The normalized spacial score (nSPS) is 25.1. The van der Waals surface area contributed by atoms with E-state index < -0.39 is 0 Å². The Kier molecular flexibility index (Phi) is 2.15. The van der Waals surface area contributed by atoms with Crippen LogP contribution in [-0.2, 0) is 0 Å². The van der Waals surface area contributed by atoms with Crippen LogP contribution in [0.1, 0.15) is 20.3 Å². The van der Waals surface area contributed by atoms with Gasteiger partial charge in [0.1, 0.15) is 5.76 Å². The molecule has 0 saturated heterocycles. The first-order valence-corrected chi connectivity index (χ1v) is 3.77. The molecule has 0 aliphatic heterocycles. The maximum Gasteiger partial charge on any atom is 0.111 e. The molecule has 0 heterocycles. The second-order valence-electron chi connectivity index (χ2n) is 3.13. The van der Waals surface area contributed by atoms with Crippen molar-refractivity contribution in [1.82, 2.24) is 0 Å². The molecule has 0 aromatic rings. The molecule has 1 rings (SSSR count). The number of hydrogen-bond donors (Lipinski definition) is 1. The van der Waals surface area contributed by atoms with Crippen LogP contribution in [0.4, 0.5) is 0 Å². The van der Waals surface area contributed by atoms with Gasteiger partial charge in [0.15, 0.2) is 0 Å². The molecule has 0 radical (unpaired) electrons. The Morgan fingerprint density at radius 2 is 2.30 bits per heavy atom. The lowest BCUT2D eigenvalue weighted by Gasteiger charge is -2.17. The minimum atomic E-state index is 0.414. The van der Waals surface area contributed by atoms with Crippen LogP contribution in [-0.4, -0.2) is 5.11 Å². The smallest absolute Gasteiger partial charge is 0.111 e. The Balaban J connectivity index is 2.52. The van der Waals surface area contributed by atoms with E-state index in [2.05, 4.69) is 19.9 Å². The van der Waals surface area contributed by atoms with Crippen LogP contribution in [0.25, 0.3) is 0 Å². The average Bonchev–Trinajstić information content (AvgIpc) is 1.88. The highest BCUT2D eigenvalue weighted by atomic mass is 16.3. The second kappa shape index (κ2) is 2.91. The van der Waals surface area contributed by atoms with Gasteiger partial charge in [-0.2, -0.15) is 0 Å². The predicted octanol–water partition coefficient (Wildman–Crippen LogP) is 2.66. The van der Waals surface area contributed by atoms with E-state index in [-0.39, 0.29) is 0 Å². The first kappa shape index (κ1) is 7.39. The molecule has 56 valence electrons. The molecule has 1 unspecified atom stereocenters. The molecule has 1 N–H and O–H groups in total. The van der Waals surface area contributed by atoms with Gasteiger partial charge in [-0.15, -0.1) is 0 Å². The van der Waals surface area contributed by atoms with Crippen LogP contribution in [0.5, 0.6) is 0 Å². The van der Waals surface area contributed by atoms with E-state index >= 15 is 0 Å². The van der Waals surface area contributed by atoms with Gasteiger partial charge in [-0.25, -0.2) is 0 Å². The average molecular weight is 138 g/mol. The van der Waals surface area contributed by atoms with Gasteiger partial charge < -0.3 is 5.11 Å². The molecule has 1 aliphatic carbocycles. The molecule has 0 spiro atoms. The lowest BCUT2D eigenvalue weighted by Crippen LogP contribution is -2.06. The standard InChI is InChI=1S/C9H14O/c1-7(2)8-3-5-9(10)6-4-8/h3,5-8,10H,4H2,1-2H3. The van der Waals surface area contributed by atoms with Crippen molar-refractivity contribution in [2.75, 3.05) is 0 Å². The van der Waals surface area contributed by atoms with Crippen molar-refractivity contribution in [3.8, 4) is 0 Å². The molecule has 1 nitrogen and oxygen atoms in total. The SMILES string of the molecule is CC(C)C1C=CC(O)=CC1. The summed E-state index contributed by atoms with van der Waals surface area (Å²) < 4.78 is 0. The van der Waals surface area contributed by atoms with Crippen molar-refractivity contribution in [1.29, 1.82) is 0 Å². The van der Waals surface area contributed by atoms with Crippen molar-refractivity contribution in [2.24, 2.45) is 11.8 Å². The van der Waals surface area contributed by atoms with E-state index in [1.54, 1.807) is 6.08 Å². The Bertz CT molecular complexity index is 166. The van der Waals surface area contributed by atoms with Gasteiger partial charge in [-0.05, 0) is 30.4 Å². The van der Waals surface area contributed by atoms with Gasteiger partial charge in [0.2, 0.25) is 0 Å². The molecule has 0 aromatic heterocycles. The van der Waals surface area contributed by atoms with Gasteiger partial charge >= 0.3 is 0 Å². The molecule has 0 saturated carbocycles. The van der Waals surface area contributed by atoms with Gasteiger partial charge in [0, 0.05) is 0 Å². The van der Waals surface area contributed by atoms with E-state index in [0.29, 0.717) is 17.6 Å². The molecule has 1 aliphatic rings. The van der Waals surface area contributed by atoms with Crippen molar-refractivity contribution in [2.45, 2.75) is 20.3 Å². The molecule has 0 amide bonds. The van der Waals surface area contributed by atoms with Crippen LogP contribution in [0.3, 0.4) is 0 Å². The van der Waals surface area contributed by atoms with E-state index in [0.717, 1.165) is 6.42 Å². The summed E-state index contributed by atoms with van der Waals surface area (Å²) in [6, 6.07) is 0. The number of allylic oxidation sites excluding steroid dienone is 3. The second-order valence-corrected chi connectivity index (χ2v) is 3.13. The third-order valence-corrected chi connectivity index (χ3v) is 1.97. The number of aliphatic hydroxyl groups excluding tert-OH is 1. The molecule has 0 aromatic carbocycles. The highest BCUT2D eigenvalue weighted by molar-refractivity contribution is 5.17. The van der Waals surface area contributed by atoms with Crippen molar-refractivity contribution < 1.29 is 5.11 Å². The largest absolute Gasteiger partial charge is 0.508 e. The van der Waals surface area contributed by atoms with E-state index in [4.69, 9.17) is 5.11 Å². The van der Waals surface area contributed by atoms with Gasteiger partial charge in [0.25, 0.3) is 0 Å². The first-order valence-electron chi connectivity index (χ1n) is 3.77. The molecule has 10 heavy (non-hydrogen) atoms. The fraction of sp³-hybridized carbons (Fsp3) is 0.556. The third kappa shape index (κ3) is 1.63. The zero-order chi connectivity index (χ0) is 7.56. The fourth-order valence-electron chi connectivity index (χ4n) is 1.12. The Hall–Kier alpha value is -0.720. The van der Waals surface area contributed by atoms with Crippen LogP contribution in [0.15, 0.2) is 24.0 Å².